The van der Waals surface area contributed by atoms with Gasteiger partial charge in [-0.25, -0.2) is 0 Å². The molecule has 0 fully saturated rings. The molecule has 0 unspecified atom stereocenters. The summed E-state index contributed by atoms with van der Waals surface area (Å²) in [6, 6.07) is 23.2. The molecule has 27 heavy (non-hydrogen) atoms. The number of benzene rings is 3. The van der Waals surface area contributed by atoms with Crippen LogP contribution in [0.5, 0.6) is 17.2 Å². The van der Waals surface area contributed by atoms with Crippen molar-refractivity contribution in [1.82, 2.24) is 0 Å². The van der Waals surface area contributed by atoms with Gasteiger partial charge in [0.15, 0.2) is 11.5 Å². The third kappa shape index (κ3) is 5.25. The van der Waals surface area contributed by atoms with Crippen molar-refractivity contribution in [2.75, 3.05) is 19.6 Å². The lowest BCUT2D eigenvalue weighted by Gasteiger charge is -2.11. The number of methoxy groups -OCH3 is 2. The number of anilines is 1. The SMILES string of the molecule is COc1ccc(COc2ccc(C=NNc3ccccc3)cc2OC)cc1. The summed E-state index contributed by atoms with van der Waals surface area (Å²) >= 11 is 0. The lowest BCUT2D eigenvalue weighted by Crippen LogP contribution is -1.99. The molecule has 0 atom stereocenters. The summed E-state index contributed by atoms with van der Waals surface area (Å²) in [6.45, 7) is 0.448. The van der Waals surface area contributed by atoms with Crippen LogP contribution in [0.3, 0.4) is 0 Å². The van der Waals surface area contributed by atoms with Crippen molar-refractivity contribution in [3.05, 3.63) is 83.9 Å². The zero-order valence-electron chi connectivity index (χ0n) is 15.4. The second-order valence-electron chi connectivity index (χ2n) is 5.78. The van der Waals surface area contributed by atoms with Crippen LogP contribution in [0, 0.1) is 0 Å². The Bertz CT molecular complexity index is 878. The van der Waals surface area contributed by atoms with E-state index in [1.165, 1.54) is 0 Å². The predicted molar refractivity (Wildman–Crippen MR) is 108 cm³/mol. The van der Waals surface area contributed by atoms with E-state index in [4.69, 9.17) is 14.2 Å². The highest BCUT2D eigenvalue weighted by atomic mass is 16.5. The lowest BCUT2D eigenvalue weighted by molar-refractivity contribution is 0.284. The Morgan fingerprint density at radius 3 is 2.33 bits per heavy atom. The van der Waals surface area contributed by atoms with E-state index >= 15 is 0 Å². The lowest BCUT2D eigenvalue weighted by atomic mass is 10.2. The minimum atomic E-state index is 0.448. The second-order valence-corrected chi connectivity index (χ2v) is 5.78. The van der Waals surface area contributed by atoms with Gasteiger partial charge in [0, 0.05) is 0 Å². The highest BCUT2D eigenvalue weighted by molar-refractivity contribution is 5.81. The fourth-order valence-corrected chi connectivity index (χ4v) is 2.46. The number of hydrazone groups is 1. The molecule has 0 radical (unpaired) electrons. The Kier molecular flexibility index (Phi) is 6.30. The van der Waals surface area contributed by atoms with Crippen molar-refractivity contribution in [2.24, 2.45) is 5.10 Å². The van der Waals surface area contributed by atoms with E-state index in [1.807, 2.05) is 72.8 Å². The second kappa shape index (κ2) is 9.29. The Hall–Kier alpha value is -3.47. The number of nitrogens with one attached hydrogen (secondary N) is 1. The number of ether oxygens (including phenoxy) is 3. The number of nitrogens with zero attached hydrogens (tertiary/aromatic N) is 1. The predicted octanol–water partition coefficient (Wildman–Crippen LogP) is 4.73. The zero-order chi connectivity index (χ0) is 18.9. The van der Waals surface area contributed by atoms with E-state index in [2.05, 4.69) is 10.5 Å². The maximum Gasteiger partial charge on any atom is 0.161 e. The van der Waals surface area contributed by atoms with Crippen molar-refractivity contribution in [3.63, 3.8) is 0 Å². The molecule has 138 valence electrons. The molecule has 0 aromatic heterocycles. The fourth-order valence-electron chi connectivity index (χ4n) is 2.46. The summed E-state index contributed by atoms with van der Waals surface area (Å²) in [5.41, 5.74) is 5.88. The highest BCUT2D eigenvalue weighted by Gasteiger charge is 2.06. The van der Waals surface area contributed by atoms with E-state index in [1.54, 1.807) is 20.4 Å². The molecule has 0 bridgehead atoms. The molecule has 1 N–H and O–H groups in total. The number of hydrogen-bond acceptors (Lipinski definition) is 5. The minimum Gasteiger partial charge on any atom is -0.497 e. The summed E-state index contributed by atoms with van der Waals surface area (Å²) in [5, 5.41) is 4.24. The molecule has 3 rings (SSSR count). The first-order valence-electron chi connectivity index (χ1n) is 8.56. The van der Waals surface area contributed by atoms with E-state index in [0.717, 1.165) is 22.6 Å². The van der Waals surface area contributed by atoms with Crippen LogP contribution in [0.1, 0.15) is 11.1 Å². The van der Waals surface area contributed by atoms with Crippen LogP contribution < -0.4 is 19.6 Å². The summed E-state index contributed by atoms with van der Waals surface area (Å²) < 4.78 is 16.5. The van der Waals surface area contributed by atoms with Gasteiger partial charge in [0.2, 0.25) is 0 Å². The van der Waals surface area contributed by atoms with Crippen molar-refractivity contribution in [2.45, 2.75) is 6.61 Å². The monoisotopic (exact) mass is 362 g/mol. The topological polar surface area (TPSA) is 52.1 Å². The van der Waals surface area contributed by atoms with Crippen molar-refractivity contribution >= 4 is 11.9 Å². The van der Waals surface area contributed by atoms with Crippen molar-refractivity contribution in [1.29, 1.82) is 0 Å². The van der Waals surface area contributed by atoms with Crippen LogP contribution >= 0.6 is 0 Å². The molecule has 0 aliphatic carbocycles. The molecule has 5 heteroatoms. The van der Waals surface area contributed by atoms with E-state index in [-0.39, 0.29) is 0 Å². The minimum absolute atomic E-state index is 0.448. The van der Waals surface area contributed by atoms with Crippen LogP contribution in [-0.4, -0.2) is 20.4 Å². The van der Waals surface area contributed by atoms with Gasteiger partial charge >= 0.3 is 0 Å². The first kappa shape index (κ1) is 18.3. The van der Waals surface area contributed by atoms with Gasteiger partial charge in [-0.15, -0.1) is 0 Å². The molecular weight excluding hydrogens is 340 g/mol. The van der Waals surface area contributed by atoms with Gasteiger partial charge in [-0.05, 0) is 53.6 Å². The van der Waals surface area contributed by atoms with Crippen LogP contribution in [-0.2, 0) is 6.61 Å². The Morgan fingerprint density at radius 1 is 0.852 bits per heavy atom. The largest absolute Gasteiger partial charge is 0.497 e. The van der Waals surface area contributed by atoms with Gasteiger partial charge in [0.25, 0.3) is 0 Å². The van der Waals surface area contributed by atoms with Gasteiger partial charge in [0.1, 0.15) is 12.4 Å². The van der Waals surface area contributed by atoms with Crippen molar-refractivity contribution < 1.29 is 14.2 Å². The van der Waals surface area contributed by atoms with Gasteiger partial charge in [0.05, 0.1) is 26.1 Å². The molecule has 0 saturated carbocycles. The molecule has 5 nitrogen and oxygen atoms in total. The molecule has 0 spiro atoms. The number of rotatable bonds is 8. The average Bonchev–Trinajstić information content (AvgIpc) is 2.73. The fraction of sp³-hybridized carbons (Fsp3) is 0.136. The molecule has 0 heterocycles. The standard InChI is InChI=1S/C22H22N2O3/c1-25-20-11-8-17(9-12-20)16-27-21-13-10-18(14-22(21)26-2)15-23-24-19-6-4-3-5-7-19/h3-15,24H,16H2,1-2H3. The summed E-state index contributed by atoms with van der Waals surface area (Å²) in [5.74, 6) is 2.16. The molecule has 0 aliphatic heterocycles. The molecule has 3 aromatic rings. The molecule has 3 aromatic carbocycles. The van der Waals surface area contributed by atoms with Crippen LogP contribution in [0.15, 0.2) is 77.9 Å². The third-order valence-electron chi connectivity index (χ3n) is 3.92. The van der Waals surface area contributed by atoms with Gasteiger partial charge < -0.3 is 14.2 Å². The maximum atomic E-state index is 5.89. The van der Waals surface area contributed by atoms with Crippen LogP contribution in [0.4, 0.5) is 5.69 Å². The Morgan fingerprint density at radius 2 is 1.63 bits per heavy atom. The van der Waals surface area contributed by atoms with Gasteiger partial charge in [-0.2, -0.15) is 5.10 Å². The van der Waals surface area contributed by atoms with Gasteiger partial charge in [-0.1, -0.05) is 30.3 Å². The average molecular weight is 362 g/mol. The smallest absolute Gasteiger partial charge is 0.161 e. The number of para-hydroxylation sites is 1. The molecule has 0 saturated heterocycles. The van der Waals surface area contributed by atoms with Crippen LogP contribution in [0.2, 0.25) is 0 Å². The summed E-state index contributed by atoms with van der Waals surface area (Å²) in [6.07, 6.45) is 1.74. The van der Waals surface area contributed by atoms with Crippen molar-refractivity contribution in [3.8, 4) is 17.2 Å². The Labute approximate surface area is 159 Å². The van der Waals surface area contributed by atoms with E-state index in [0.29, 0.717) is 18.1 Å². The summed E-state index contributed by atoms with van der Waals surface area (Å²) in [7, 11) is 3.27. The third-order valence-corrected chi connectivity index (χ3v) is 3.92. The molecular formula is C22H22N2O3. The first-order valence-corrected chi connectivity index (χ1v) is 8.56. The van der Waals surface area contributed by atoms with Gasteiger partial charge in [-0.3, -0.25) is 5.43 Å². The number of hydrogen-bond donors (Lipinski definition) is 1. The van der Waals surface area contributed by atoms with E-state index < -0.39 is 0 Å². The summed E-state index contributed by atoms with van der Waals surface area (Å²) in [4.78, 5) is 0. The van der Waals surface area contributed by atoms with E-state index in [9.17, 15) is 0 Å². The molecule has 0 aliphatic rings. The maximum absolute atomic E-state index is 5.89. The molecule has 0 amide bonds. The first-order chi connectivity index (χ1) is 13.3. The highest BCUT2D eigenvalue weighted by Crippen LogP contribution is 2.28. The normalized spacial score (nSPS) is 10.6. The zero-order valence-corrected chi connectivity index (χ0v) is 15.4. The van der Waals surface area contributed by atoms with Crippen LogP contribution in [0.25, 0.3) is 0 Å². The quantitative estimate of drug-likeness (QED) is 0.465. The Balaban J connectivity index is 1.62.